The third-order valence-corrected chi connectivity index (χ3v) is 2.92. The molecule has 126 valence electrons. The molecule has 0 aliphatic carbocycles. The molecule has 2 aromatic rings. The summed E-state index contributed by atoms with van der Waals surface area (Å²) in [6.45, 7) is -0.622. The van der Waals surface area contributed by atoms with Gasteiger partial charge in [0.15, 0.2) is 12.4 Å². The number of ether oxygens (including phenoxy) is 2. The summed E-state index contributed by atoms with van der Waals surface area (Å²) in [6, 6.07) is 6.41. The number of anilines is 1. The molecule has 9 heteroatoms. The number of amides is 1. The molecule has 0 saturated carbocycles. The fraction of sp³-hybridized carbons (Fsp3) is 0.133. The number of nitro groups is 1. The Hall–Kier alpha value is -3.23. The molecule has 2 aromatic carbocycles. The van der Waals surface area contributed by atoms with Crippen LogP contribution >= 0.6 is 0 Å². The zero-order valence-electron chi connectivity index (χ0n) is 12.4. The Labute approximate surface area is 135 Å². The summed E-state index contributed by atoms with van der Waals surface area (Å²) in [5.41, 5.74) is -0.744. The van der Waals surface area contributed by atoms with Crippen LogP contribution < -0.4 is 14.8 Å². The van der Waals surface area contributed by atoms with Gasteiger partial charge in [-0.2, -0.15) is 0 Å². The first-order chi connectivity index (χ1) is 11.4. The van der Waals surface area contributed by atoms with Gasteiger partial charge in [0.2, 0.25) is 0 Å². The highest BCUT2D eigenvalue weighted by atomic mass is 19.1. The number of carbonyl (C=O) groups excluding carboxylic acids is 1. The van der Waals surface area contributed by atoms with Crippen LogP contribution in [0.25, 0.3) is 0 Å². The maximum absolute atomic E-state index is 13.4. The van der Waals surface area contributed by atoms with Crippen LogP contribution in [0.1, 0.15) is 0 Å². The summed E-state index contributed by atoms with van der Waals surface area (Å²) in [4.78, 5) is 22.0. The van der Waals surface area contributed by atoms with Crippen LogP contribution in [-0.2, 0) is 4.79 Å². The summed E-state index contributed by atoms with van der Waals surface area (Å²) >= 11 is 0. The van der Waals surface area contributed by atoms with Gasteiger partial charge in [-0.15, -0.1) is 0 Å². The Balaban J connectivity index is 2.06. The number of nitrogens with zero attached hydrogens (tertiary/aromatic N) is 1. The van der Waals surface area contributed by atoms with Gasteiger partial charge in [0.25, 0.3) is 5.91 Å². The van der Waals surface area contributed by atoms with Crippen molar-refractivity contribution in [2.45, 2.75) is 0 Å². The summed E-state index contributed by atoms with van der Waals surface area (Å²) in [6.07, 6.45) is 0. The molecule has 24 heavy (non-hydrogen) atoms. The van der Waals surface area contributed by atoms with Crippen molar-refractivity contribution in [2.24, 2.45) is 0 Å². The second-order valence-corrected chi connectivity index (χ2v) is 4.55. The molecule has 0 aliphatic rings. The highest BCUT2D eigenvalue weighted by Crippen LogP contribution is 2.31. The minimum absolute atomic E-state index is 0.157. The molecule has 0 aliphatic heterocycles. The van der Waals surface area contributed by atoms with E-state index in [9.17, 15) is 23.7 Å². The van der Waals surface area contributed by atoms with Gasteiger partial charge in [-0.3, -0.25) is 14.9 Å². The molecule has 7 nitrogen and oxygen atoms in total. The van der Waals surface area contributed by atoms with Crippen molar-refractivity contribution in [2.75, 3.05) is 19.0 Å². The van der Waals surface area contributed by atoms with Gasteiger partial charge in [-0.1, -0.05) is 0 Å². The van der Waals surface area contributed by atoms with Crippen molar-refractivity contribution in [1.82, 2.24) is 0 Å². The van der Waals surface area contributed by atoms with E-state index < -0.39 is 29.1 Å². The number of nitro benzene ring substituents is 1. The van der Waals surface area contributed by atoms with Crippen molar-refractivity contribution >= 4 is 17.3 Å². The average molecular weight is 338 g/mol. The number of methoxy groups -OCH3 is 1. The fourth-order valence-corrected chi connectivity index (χ4v) is 1.81. The van der Waals surface area contributed by atoms with Crippen LogP contribution in [0.5, 0.6) is 11.5 Å². The highest BCUT2D eigenvalue weighted by molar-refractivity contribution is 5.92. The van der Waals surface area contributed by atoms with Gasteiger partial charge in [-0.05, 0) is 24.3 Å². The zero-order chi connectivity index (χ0) is 17.7. The van der Waals surface area contributed by atoms with E-state index in [1.807, 2.05) is 0 Å². The zero-order valence-corrected chi connectivity index (χ0v) is 12.4. The standard InChI is InChI=1S/C15H12F2N2O5/c1-23-10-3-5-14(13(7-10)19(21)22)24-8-15(20)18-12-6-9(16)2-4-11(12)17/h2-7H,8H2,1H3,(H,18,20). The first-order valence-corrected chi connectivity index (χ1v) is 6.61. The largest absolute Gasteiger partial charge is 0.496 e. The number of nitrogens with one attached hydrogen (secondary N) is 1. The van der Waals surface area contributed by atoms with E-state index in [0.717, 1.165) is 24.3 Å². The molecular weight excluding hydrogens is 326 g/mol. The van der Waals surface area contributed by atoms with Gasteiger partial charge in [0.05, 0.1) is 23.8 Å². The first kappa shape index (κ1) is 17.1. The SMILES string of the molecule is COc1ccc(OCC(=O)Nc2cc(F)ccc2F)c([N+](=O)[O-])c1. The number of rotatable bonds is 6. The monoisotopic (exact) mass is 338 g/mol. The summed E-state index contributed by atoms with van der Waals surface area (Å²) < 4.78 is 36.4. The van der Waals surface area contributed by atoms with Crippen molar-refractivity contribution in [1.29, 1.82) is 0 Å². The lowest BCUT2D eigenvalue weighted by molar-refractivity contribution is -0.385. The van der Waals surface area contributed by atoms with Crippen LogP contribution in [0.4, 0.5) is 20.2 Å². The molecule has 0 heterocycles. The van der Waals surface area contributed by atoms with Crippen molar-refractivity contribution in [3.8, 4) is 11.5 Å². The molecule has 0 fully saturated rings. The van der Waals surface area contributed by atoms with E-state index in [4.69, 9.17) is 9.47 Å². The van der Waals surface area contributed by atoms with Crippen molar-refractivity contribution in [3.05, 3.63) is 58.1 Å². The van der Waals surface area contributed by atoms with Crippen LogP contribution in [-0.4, -0.2) is 24.5 Å². The molecule has 0 unspecified atom stereocenters. The maximum Gasteiger partial charge on any atom is 0.314 e. The first-order valence-electron chi connectivity index (χ1n) is 6.61. The van der Waals surface area contributed by atoms with Crippen LogP contribution in [0.2, 0.25) is 0 Å². The molecule has 2 rings (SSSR count). The van der Waals surface area contributed by atoms with Gasteiger partial charge in [0, 0.05) is 6.07 Å². The molecule has 0 bridgehead atoms. The van der Waals surface area contributed by atoms with Crippen LogP contribution in [0.3, 0.4) is 0 Å². The third-order valence-electron chi connectivity index (χ3n) is 2.92. The minimum Gasteiger partial charge on any atom is -0.496 e. The normalized spacial score (nSPS) is 10.1. The number of hydrogen-bond acceptors (Lipinski definition) is 5. The molecule has 0 radical (unpaired) electrons. The summed E-state index contributed by atoms with van der Waals surface area (Å²) in [5.74, 6) is -2.25. The Morgan fingerprint density at radius 2 is 2.00 bits per heavy atom. The lowest BCUT2D eigenvalue weighted by Gasteiger charge is -2.09. The van der Waals surface area contributed by atoms with Crippen LogP contribution in [0.15, 0.2) is 36.4 Å². The Morgan fingerprint density at radius 3 is 2.67 bits per heavy atom. The molecule has 1 amide bonds. The molecule has 0 saturated heterocycles. The Bertz CT molecular complexity index is 782. The number of halogens is 2. The van der Waals surface area contributed by atoms with E-state index in [1.54, 1.807) is 0 Å². The smallest absolute Gasteiger partial charge is 0.314 e. The summed E-state index contributed by atoms with van der Waals surface area (Å²) in [7, 11) is 1.35. The topological polar surface area (TPSA) is 90.7 Å². The van der Waals surface area contributed by atoms with E-state index in [0.29, 0.717) is 0 Å². The predicted octanol–water partition coefficient (Wildman–Crippen LogP) is 2.90. The second kappa shape index (κ2) is 7.36. The van der Waals surface area contributed by atoms with Crippen LogP contribution in [0, 0.1) is 21.7 Å². The average Bonchev–Trinajstić information content (AvgIpc) is 2.56. The Kier molecular flexibility index (Phi) is 5.25. The molecule has 0 spiro atoms. The molecule has 1 N–H and O–H groups in total. The number of carbonyl (C=O) groups is 1. The quantitative estimate of drug-likeness (QED) is 0.646. The van der Waals surface area contributed by atoms with E-state index in [2.05, 4.69) is 5.32 Å². The summed E-state index contributed by atoms with van der Waals surface area (Å²) in [5, 5.41) is 13.1. The molecular formula is C15H12F2N2O5. The Morgan fingerprint density at radius 1 is 1.25 bits per heavy atom. The number of benzene rings is 2. The lowest BCUT2D eigenvalue weighted by atomic mass is 10.3. The maximum atomic E-state index is 13.4. The fourth-order valence-electron chi connectivity index (χ4n) is 1.81. The van der Waals surface area contributed by atoms with Crippen molar-refractivity contribution < 1.29 is 28.0 Å². The second-order valence-electron chi connectivity index (χ2n) is 4.55. The molecule has 0 aromatic heterocycles. The van der Waals surface area contributed by atoms with Gasteiger partial charge < -0.3 is 14.8 Å². The number of hydrogen-bond donors (Lipinski definition) is 1. The van der Waals surface area contributed by atoms with Gasteiger partial charge in [-0.25, -0.2) is 8.78 Å². The lowest BCUT2D eigenvalue weighted by Crippen LogP contribution is -2.21. The van der Waals surface area contributed by atoms with Gasteiger partial charge in [0.1, 0.15) is 17.4 Å². The predicted molar refractivity (Wildman–Crippen MR) is 80.1 cm³/mol. The molecule has 0 atom stereocenters. The van der Waals surface area contributed by atoms with Crippen molar-refractivity contribution in [3.63, 3.8) is 0 Å². The van der Waals surface area contributed by atoms with E-state index in [1.165, 1.54) is 19.2 Å². The van der Waals surface area contributed by atoms with E-state index in [-0.39, 0.29) is 22.9 Å². The van der Waals surface area contributed by atoms with E-state index >= 15 is 0 Å². The van der Waals surface area contributed by atoms with Gasteiger partial charge >= 0.3 is 5.69 Å². The highest BCUT2D eigenvalue weighted by Gasteiger charge is 2.18. The minimum atomic E-state index is -0.819. The third kappa shape index (κ3) is 4.15.